The average Bonchev–Trinajstić information content (AvgIpc) is 1.95. The van der Waals surface area contributed by atoms with Crippen LogP contribution in [0.3, 0.4) is 0 Å². The molecule has 0 bridgehead atoms. The van der Waals surface area contributed by atoms with E-state index in [1.165, 1.54) is 5.57 Å². The van der Waals surface area contributed by atoms with Crippen LogP contribution in [0.1, 0.15) is 27.7 Å². The monoisotopic (exact) mass is 165 g/mol. The number of nitrogens with two attached hydrogens (primary N) is 1. The highest BCUT2D eigenvalue weighted by Crippen LogP contribution is 2.25. The van der Waals surface area contributed by atoms with E-state index in [-0.39, 0.29) is 5.41 Å². The van der Waals surface area contributed by atoms with Crippen molar-refractivity contribution in [2.24, 2.45) is 11.1 Å². The van der Waals surface area contributed by atoms with Crippen LogP contribution in [0.2, 0.25) is 0 Å². The van der Waals surface area contributed by atoms with Crippen molar-refractivity contribution in [3.8, 4) is 0 Å². The number of allylic oxidation sites excluding steroid dienone is 5. The summed E-state index contributed by atoms with van der Waals surface area (Å²) in [7, 11) is 0. The Kier molecular flexibility index (Phi) is 4.42. The van der Waals surface area contributed by atoms with Gasteiger partial charge in [0, 0.05) is 0 Å². The van der Waals surface area contributed by atoms with Crippen LogP contribution in [-0.2, 0) is 0 Å². The Bertz CT molecular complexity index is 202. The second kappa shape index (κ2) is 4.81. The quantitative estimate of drug-likeness (QED) is 0.625. The van der Waals surface area contributed by atoms with Crippen molar-refractivity contribution in [1.82, 2.24) is 0 Å². The Hall–Kier alpha value is -0.980. The summed E-state index contributed by atoms with van der Waals surface area (Å²) in [5, 5.41) is 0. The van der Waals surface area contributed by atoms with E-state index < -0.39 is 0 Å². The smallest absolute Gasteiger partial charge is 0.00594 e. The highest BCUT2D eigenvalue weighted by molar-refractivity contribution is 5.28. The molecule has 0 radical (unpaired) electrons. The van der Waals surface area contributed by atoms with E-state index in [0.717, 1.165) is 0 Å². The van der Waals surface area contributed by atoms with E-state index in [1.54, 1.807) is 6.20 Å². The van der Waals surface area contributed by atoms with Crippen LogP contribution in [0.15, 0.2) is 36.1 Å². The summed E-state index contributed by atoms with van der Waals surface area (Å²) in [6, 6.07) is 0. The third-order valence-corrected chi connectivity index (χ3v) is 1.61. The normalized spacial score (nSPS) is 14.8. The van der Waals surface area contributed by atoms with Crippen molar-refractivity contribution in [2.75, 3.05) is 0 Å². The summed E-state index contributed by atoms with van der Waals surface area (Å²) in [5.74, 6) is 0. The lowest BCUT2D eigenvalue weighted by Gasteiger charge is -2.19. The average molecular weight is 165 g/mol. The van der Waals surface area contributed by atoms with E-state index in [2.05, 4.69) is 26.8 Å². The fraction of sp³-hybridized carbons (Fsp3) is 0.455. The van der Waals surface area contributed by atoms with E-state index in [1.807, 2.05) is 25.2 Å². The fourth-order valence-corrected chi connectivity index (χ4v) is 0.859. The molecule has 0 unspecified atom stereocenters. The first-order chi connectivity index (χ1) is 5.52. The first-order valence-corrected chi connectivity index (χ1v) is 4.24. The highest BCUT2D eigenvalue weighted by atomic mass is 14.5. The molecule has 0 aromatic rings. The maximum Gasteiger partial charge on any atom is -0.00594 e. The lowest BCUT2D eigenvalue weighted by Crippen LogP contribution is -2.07. The lowest BCUT2D eigenvalue weighted by atomic mass is 9.86. The summed E-state index contributed by atoms with van der Waals surface area (Å²) in [5.41, 5.74) is 6.75. The van der Waals surface area contributed by atoms with E-state index >= 15 is 0 Å². The fourth-order valence-electron chi connectivity index (χ4n) is 0.859. The maximum atomic E-state index is 5.35. The van der Waals surface area contributed by atoms with Crippen LogP contribution in [0.4, 0.5) is 0 Å². The molecule has 0 aliphatic carbocycles. The van der Waals surface area contributed by atoms with Crippen LogP contribution in [0.5, 0.6) is 0 Å². The van der Waals surface area contributed by atoms with Gasteiger partial charge in [-0.1, -0.05) is 39.0 Å². The van der Waals surface area contributed by atoms with Crippen molar-refractivity contribution >= 4 is 0 Å². The van der Waals surface area contributed by atoms with E-state index in [0.29, 0.717) is 0 Å². The van der Waals surface area contributed by atoms with Gasteiger partial charge in [-0.25, -0.2) is 0 Å². The number of hydrogen-bond acceptors (Lipinski definition) is 1. The van der Waals surface area contributed by atoms with Gasteiger partial charge < -0.3 is 5.73 Å². The number of rotatable bonds is 2. The minimum Gasteiger partial charge on any atom is -0.405 e. The van der Waals surface area contributed by atoms with Crippen LogP contribution in [0, 0.1) is 5.41 Å². The first kappa shape index (κ1) is 11.0. The molecule has 0 aliphatic rings. The summed E-state index contributed by atoms with van der Waals surface area (Å²) in [6.07, 6.45) is 9.65. The van der Waals surface area contributed by atoms with Crippen molar-refractivity contribution in [3.05, 3.63) is 36.1 Å². The molecule has 12 heavy (non-hydrogen) atoms. The van der Waals surface area contributed by atoms with E-state index in [4.69, 9.17) is 5.73 Å². The van der Waals surface area contributed by atoms with Crippen LogP contribution < -0.4 is 5.73 Å². The predicted octanol–water partition coefficient (Wildman–Crippen LogP) is 3.01. The van der Waals surface area contributed by atoms with Gasteiger partial charge in [-0.15, -0.1) is 0 Å². The predicted molar refractivity (Wildman–Crippen MR) is 55.7 cm³/mol. The van der Waals surface area contributed by atoms with Gasteiger partial charge in [0.05, 0.1) is 0 Å². The van der Waals surface area contributed by atoms with Crippen LogP contribution in [0.25, 0.3) is 0 Å². The Morgan fingerprint density at radius 1 is 1.25 bits per heavy atom. The Labute approximate surface area is 75.7 Å². The highest BCUT2D eigenvalue weighted by Gasteiger charge is 2.12. The molecule has 68 valence electrons. The third kappa shape index (κ3) is 4.02. The zero-order valence-corrected chi connectivity index (χ0v) is 8.46. The summed E-state index contributed by atoms with van der Waals surface area (Å²) in [4.78, 5) is 0. The molecule has 0 spiro atoms. The van der Waals surface area contributed by atoms with Gasteiger partial charge >= 0.3 is 0 Å². The van der Waals surface area contributed by atoms with Gasteiger partial charge in [0.1, 0.15) is 0 Å². The minimum atomic E-state index is 0.162. The zero-order chi connectivity index (χ0) is 9.61. The van der Waals surface area contributed by atoms with Crippen molar-refractivity contribution in [1.29, 1.82) is 0 Å². The molecule has 0 saturated carbocycles. The molecule has 0 rings (SSSR count). The summed E-state index contributed by atoms with van der Waals surface area (Å²) >= 11 is 0. The molecule has 1 heteroatoms. The van der Waals surface area contributed by atoms with E-state index in [9.17, 15) is 0 Å². The van der Waals surface area contributed by atoms with Gasteiger partial charge in [0.25, 0.3) is 0 Å². The standard InChI is InChI=1S/C11H19N/c1-5-6-7-10(8-9-12)11(2,3)4/h5-9H,12H2,1-4H3/b6-5-,9-8-,10-7+. The maximum absolute atomic E-state index is 5.35. The SMILES string of the molecule is C\C=C/C=C(\C=C/N)C(C)(C)C. The van der Waals surface area contributed by atoms with Gasteiger partial charge in [-0.05, 0) is 30.2 Å². The van der Waals surface area contributed by atoms with Gasteiger partial charge in [0.15, 0.2) is 0 Å². The largest absolute Gasteiger partial charge is 0.405 e. The Morgan fingerprint density at radius 3 is 2.17 bits per heavy atom. The van der Waals surface area contributed by atoms with Crippen molar-refractivity contribution in [3.63, 3.8) is 0 Å². The van der Waals surface area contributed by atoms with Crippen LogP contribution in [-0.4, -0.2) is 0 Å². The second-order valence-corrected chi connectivity index (χ2v) is 3.76. The molecular weight excluding hydrogens is 146 g/mol. The lowest BCUT2D eigenvalue weighted by molar-refractivity contribution is 0.517. The minimum absolute atomic E-state index is 0.162. The number of hydrogen-bond donors (Lipinski definition) is 1. The molecule has 0 aromatic heterocycles. The Morgan fingerprint density at radius 2 is 1.83 bits per heavy atom. The molecular formula is C11H19N. The molecule has 0 aromatic carbocycles. The molecule has 0 fully saturated rings. The van der Waals surface area contributed by atoms with Crippen molar-refractivity contribution < 1.29 is 0 Å². The molecule has 0 amide bonds. The summed E-state index contributed by atoms with van der Waals surface area (Å²) < 4.78 is 0. The first-order valence-electron chi connectivity index (χ1n) is 4.24. The molecule has 0 heterocycles. The summed E-state index contributed by atoms with van der Waals surface area (Å²) in [6.45, 7) is 8.51. The Balaban J connectivity index is 4.67. The van der Waals surface area contributed by atoms with Gasteiger partial charge in [-0.2, -0.15) is 0 Å². The second-order valence-electron chi connectivity index (χ2n) is 3.76. The van der Waals surface area contributed by atoms with Crippen molar-refractivity contribution in [2.45, 2.75) is 27.7 Å². The molecule has 0 saturated heterocycles. The molecule has 2 N–H and O–H groups in total. The van der Waals surface area contributed by atoms with Gasteiger partial charge in [0.2, 0.25) is 0 Å². The topological polar surface area (TPSA) is 26.0 Å². The third-order valence-electron chi connectivity index (χ3n) is 1.61. The molecule has 0 atom stereocenters. The van der Waals surface area contributed by atoms with Gasteiger partial charge in [-0.3, -0.25) is 0 Å². The molecule has 1 nitrogen and oxygen atoms in total. The zero-order valence-electron chi connectivity index (χ0n) is 8.46. The van der Waals surface area contributed by atoms with Crippen LogP contribution >= 0.6 is 0 Å². The molecule has 0 aliphatic heterocycles.